The molecule has 0 aromatic carbocycles. The number of carboxylic acids is 1. The van der Waals surface area contributed by atoms with Crippen molar-refractivity contribution < 1.29 is 19.4 Å². The normalized spacial score (nSPS) is 10.1. The number of hydrogen-bond acceptors (Lipinski definition) is 5. The van der Waals surface area contributed by atoms with Crippen LogP contribution in [0, 0.1) is 0 Å². The molecule has 1 heterocycles. The molecule has 0 saturated carbocycles. The number of aromatic nitrogens is 3. The molecule has 0 aliphatic heterocycles. The van der Waals surface area contributed by atoms with E-state index in [2.05, 4.69) is 15.0 Å². The Bertz CT molecular complexity index is 375. The van der Waals surface area contributed by atoms with E-state index in [9.17, 15) is 9.59 Å². The summed E-state index contributed by atoms with van der Waals surface area (Å²) in [6.45, 7) is 0.429. The van der Waals surface area contributed by atoms with Crippen molar-refractivity contribution in [3.05, 3.63) is 11.9 Å². The summed E-state index contributed by atoms with van der Waals surface area (Å²) in [6.07, 6.45) is 2.08. The maximum absolute atomic E-state index is 11.0. The maximum Gasteiger partial charge on any atom is 0.311 e. The van der Waals surface area contributed by atoms with Crippen LogP contribution in [0.15, 0.2) is 6.20 Å². The highest BCUT2D eigenvalue weighted by Gasteiger charge is 2.09. The van der Waals surface area contributed by atoms with Gasteiger partial charge in [0.15, 0.2) is 0 Å². The van der Waals surface area contributed by atoms with Crippen LogP contribution in [0.2, 0.25) is 0 Å². The van der Waals surface area contributed by atoms with Crippen molar-refractivity contribution in [2.75, 3.05) is 7.11 Å². The van der Waals surface area contributed by atoms with Gasteiger partial charge in [-0.2, -0.15) is 0 Å². The predicted molar refractivity (Wildman–Crippen MR) is 52.6 cm³/mol. The number of carbonyl (C=O) groups excluding carboxylic acids is 1. The van der Waals surface area contributed by atoms with Crippen LogP contribution < -0.4 is 0 Å². The third-order valence-electron chi connectivity index (χ3n) is 2.01. The van der Waals surface area contributed by atoms with Gasteiger partial charge in [0.25, 0.3) is 0 Å². The Balaban J connectivity index is 2.50. The Morgan fingerprint density at radius 2 is 2.31 bits per heavy atom. The molecule has 88 valence electrons. The molecule has 1 aromatic rings. The number of methoxy groups -OCH3 is 1. The van der Waals surface area contributed by atoms with Crippen LogP contribution in [-0.2, 0) is 27.3 Å². The first kappa shape index (κ1) is 12.2. The third-order valence-corrected chi connectivity index (χ3v) is 2.01. The third kappa shape index (κ3) is 3.68. The van der Waals surface area contributed by atoms with Gasteiger partial charge < -0.3 is 9.84 Å². The molecular weight excluding hydrogens is 214 g/mol. The van der Waals surface area contributed by atoms with Crippen LogP contribution in [0.25, 0.3) is 0 Å². The van der Waals surface area contributed by atoms with E-state index in [1.807, 2.05) is 0 Å². The fourth-order valence-corrected chi connectivity index (χ4v) is 1.20. The van der Waals surface area contributed by atoms with Crippen molar-refractivity contribution in [1.82, 2.24) is 15.0 Å². The van der Waals surface area contributed by atoms with E-state index in [4.69, 9.17) is 5.11 Å². The van der Waals surface area contributed by atoms with Gasteiger partial charge in [-0.05, 0) is 6.42 Å². The molecular formula is C9H13N3O4. The Kier molecular flexibility index (Phi) is 4.43. The molecule has 0 bridgehead atoms. The van der Waals surface area contributed by atoms with Gasteiger partial charge >= 0.3 is 11.9 Å². The summed E-state index contributed by atoms with van der Waals surface area (Å²) in [4.78, 5) is 21.3. The first-order valence-electron chi connectivity index (χ1n) is 4.79. The first-order valence-corrected chi connectivity index (χ1v) is 4.79. The summed E-state index contributed by atoms with van der Waals surface area (Å²) in [6, 6.07) is 0. The van der Waals surface area contributed by atoms with Crippen LogP contribution in [0.1, 0.15) is 18.5 Å². The van der Waals surface area contributed by atoms with Crippen molar-refractivity contribution in [3.8, 4) is 0 Å². The number of esters is 1. The fourth-order valence-electron chi connectivity index (χ4n) is 1.20. The second-order valence-electron chi connectivity index (χ2n) is 3.20. The largest absolute Gasteiger partial charge is 0.481 e. The Hall–Kier alpha value is -1.92. The lowest BCUT2D eigenvalue weighted by Crippen LogP contribution is -2.12. The number of rotatable bonds is 6. The van der Waals surface area contributed by atoms with Crippen LogP contribution in [-0.4, -0.2) is 39.1 Å². The molecule has 1 aromatic heterocycles. The summed E-state index contributed by atoms with van der Waals surface area (Å²) < 4.78 is 6.03. The first-order chi connectivity index (χ1) is 7.63. The van der Waals surface area contributed by atoms with Crippen LogP contribution in [0.5, 0.6) is 0 Å². The molecule has 0 aliphatic rings. The van der Waals surface area contributed by atoms with Gasteiger partial charge in [0.2, 0.25) is 0 Å². The van der Waals surface area contributed by atoms with Crippen molar-refractivity contribution in [3.63, 3.8) is 0 Å². The number of aryl methyl sites for hydroxylation is 1. The van der Waals surface area contributed by atoms with Gasteiger partial charge in [-0.15, -0.1) is 5.10 Å². The molecule has 0 saturated heterocycles. The van der Waals surface area contributed by atoms with Crippen molar-refractivity contribution in [1.29, 1.82) is 0 Å². The number of ether oxygens (including phenoxy) is 1. The van der Waals surface area contributed by atoms with E-state index in [1.165, 1.54) is 18.0 Å². The van der Waals surface area contributed by atoms with Gasteiger partial charge in [0.05, 0.1) is 25.4 Å². The van der Waals surface area contributed by atoms with Gasteiger partial charge in [0, 0.05) is 13.0 Å². The molecule has 1 N–H and O–H groups in total. The number of aliphatic carboxylic acids is 1. The van der Waals surface area contributed by atoms with Crippen LogP contribution in [0.4, 0.5) is 0 Å². The Labute approximate surface area is 92.0 Å². The minimum absolute atomic E-state index is 0.0670. The van der Waals surface area contributed by atoms with Crippen LogP contribution >= 0.6 is 0 Å². The molecule has 0 unspecified atom stereocenters. The zero-order chi connectivity index (χ0) is 12.0. The second-order valence-corrected chi connectivity index (χ2v) is 3.20. The molecule has 16 heavy (non-hydrogen) atoms. The van der Waals surface area contributed by atoms with E-state index < -0.39 is 5.97 Å². The van der Waals surface area contributed by atoms with Crippen molar-refractivity contribution >= 4 is 11.9 Å². The number of carboxylic acid groups (broad SMARTS) is 1. The SMILES string of the molecule is COC(=O)Cc1cnnn1CCCC(=O)O. The van der Waals surface area contributed by atoms with Gasteiger partial charge in [-0.25, -0.2) is 4.68 Å². The van der Waals surface area contributed by atoms with Crippen molar-refractivity contribution in [2.45, 2.75) is 25.8 Å². The highest BCUT2D eigenvalue weighted by Crippen LogP contribution is 2.02. The standard InChI is InChI=1S/C9H13N3O4/c1-16-9(15)5-7-6-10-11-12(7)4-2-3-8(13)14/h6H,2-5H2,1H3,(H,13,14). The molecule has 0 fully saturated rings. The van der Waals surface area contributed by atoms with E-state index >= 15 is 0 Å². The lowest BCUT2D eigenvalue weighted by atomic mass is 10.3. The highest BCUT2D eigenvalue weighted by atomic mass is 16.5. The molecule has 0 spiro atoms. The predicted octanol–water partition coefficient (Wildman–Crippen LogP) is -0.142. The highest BCUT2D eigenvalue weighted by molar-refractivity contribution is 5.71. The maximum atomic E-state index is 11.0. The Morgan fingerprint density at radius 3 is 2.94 bits per heavy atom. The fraction of sp³-hybridized carbons (Fsp3) is 0.556. The molecule has 1 rings (SSSR count). The molecule has 0 radical (unpaired) electrons. The van der Waals surface area contributed by atoms with E-state index in [0.717, 1.165) is 0 Å². The summed E-state index contributed by atoms with van der Waals surface area (Å²) in [5.74, 6) is -1.23. The van der Waals surface area contributed by atoms with Crippen molar-refractivity contribution in [2.24, 2.45) is 0 Å². The smallest absolute Gasteiger partial charge is 0.311 e. The monoisotopic (exact) mass is 227 g/mol. The second kappa shape index (κ2) is 5.84. The minimum Gasteiger partial charge on any atom is -0.481 e. The molecule has 7 nitrogen and oxygen atoms in total. The lowest BCUT2D eigenvalue weighted by Gasteiger charge is -2.03. The average Bonchev–Trinajstić information content (AvgIpc) is 2.65. The summed E-state index contributed by atoms with van der Waals surface area (Å²) in [5, 5.41) is 15.9. The summed E-state index contributed by atoms with van der Waals surface area (Å²) in [5.41, 5.74) is 0.622. The van der Waals surface area contributed by atoms with Gasteiger partial charge in [-0.1, -0.05) is 5.21 Å². The van der Waals surface area contributed by atoms with E-state index in [1.54, 1.807) is 0 Å². The molecule has 0 aliphatic carbocycles. The zero-order valence-electron chi connectivity index (χ0n) is 8.92. The minimum atomic E-state index is -0.852. The van der Waals surface area contributed by atoms with E-state index in [0.29, 0.717) is 18.7 Å². The van der Waals surface area contributed by atoms with Gasteiger partial charge in [-0.3, -0.25) is 9.59 Å². The average molecular weight is 227 g/mol. The zero-order valence-corrected chi connectivity index (χ0v) is 8.92. The Morgan fingerprint density at radius 1 is 1.56 bits per heavy atom. The van der Waals surface area contributed by atoms with E-state index in [-0.39, 0.29) is 18.8 Å². The van der Waals surface area contributed by atoms with Gasteiger partial charge in [0.1, 0.15) is 0 Å². The summed E-state index contributed by atoms with van der Waals surface area (Å²) in [7, 11) is 1.31. The lowest BCUT2D eigenvalue weighted by molar-refractivity contribution is -0.140. The number of carbonyl (C=O) groups is 2. The number of nitrogens with zero attached hydrogens (tertiary/aromatic N) is 3. The quantitative estimate of drug-likeness (QED) is 0.679. The molecule has 7 heteroatoms. The number of hydrogen-bond donors (Lipinski definition) is 1. The molecule has 0 amide bonds. The van der Waals surface area contributed by atoms with Crippen LogP contribution in [0.3, 0.4) is 0 Å². The topological polar surface area (TPSA) is 94.3 Å². The summed E-state index contributed by atoms with van der Waals surface area (Å²) >= 11 is 0. The molecule has 0 atom stereocenters.